The van der Waals surface area contributed by atoms with Gasteiger partial charge in [-0.05, 0) is 30.7 Å². The maximum absolute atomic E-state index is 12.1. The molecule has 3 aromatic rings. The molecule has 0 unspecified atom stereocenters. The molecule has 2 aromatic heterocycles. The number of nitrogens with zero attached hydrogens (tertiary/aromatic N) is 3. The Bertz CT molecular complexity index is 876. The first-order chi connectivity index (χ1) is 13.1. The maximum Gasteiger partial charge on any atom is 0.226 e. The van der Waals surface area contributed by atoms with E-state index in [1.807, 2.05) is 12.1 Å². The summed E-state index contributed by atoms with van der Waals surface area (Å²) in [5, 5.41) is 13.1. The fourth-order valence-corrected chi connectivity index (χ4v) is 3.43. The zero-order chi connectivity index (χ0) is 19.1. The monoisotopic (exact) mass is 404 g/mol. The fraction of sp³-hybridized carbons (Fsp3) is 0.368. The molecule has 0 saturated carbocycles. The lowest BCUT2D eigenvalue weighted by Gasteiger charge is -1.99. The van der Waals surface area contributed by atoms with Crippen molar-refractivity contribution in [2.75, 3.05) is 5.32 Å². The minimum Gasteiger partial charge on any atom is -0.441 e. The zero-order valence-corrected chi connectivity index (χ0v) is 16.6. The van der Waals surface area contributed by atoms with Gasteiger partial charge in [0.1, 0.15) is 5.01 Å². The van der Waals surface area contributed by atoms with Gasteiger partial charge in [0.25, 0.3) is 0 Å². The normalized spacial score (nSPS) is 10.9. The van der Waals surface area contributed by atoms with Crippen molar-refractivity contribution in [3.8, 4) is 11.3 Å². The van der Waals surface area contributed by atoms with E-state index in [0.29, 0.717) is 28.2 Å². The third-order valence-electron chi connectivity index (χ3n) is 3.96. The molecule has 8 heteroatoms. The van der Waals surface area contributed by atoms with E-state index in [1.54, 1.807) is 18.3 Å². The Morgan fingerprint density at radius 1 is 1.19 bits per heavy atom. The molecule has 0 radical (unpaired) electrons. The van der Waals surface area contributed by atoms with Gasteiger partial charge in [-0.15, -0.1) is 10.2 Å². The number of aryl methyl sites for hydroxylation is 2. The number of unbranched alkanes of at least 4 members (excludes halogenated alkanes) is 2. The number of oxazole rings is 1. The molecule has 0 spiro atoms. The third-order valence-corrected chi connectivity index (χ3v) is 5.11. The highest BCUT2D eigenvalue weighted by Gasteiger charge is 2.11. The summed E-state index contributed by atoms with van der Waals surface area (Å²) < 4.78 is 5.71. The molecule has 6 nitrogen and oxygen atoms in total. The fourth-order valence-electron chi connectivity index (χ4n) is 2.51. The number of carbonyl (C=O) groups excluding carboxylic acids is 1. The average molecular weight is 405 g/mol. The van der Waals surface area contributed by atoms with Crippen molar-refractivity contribution in [1.82, 2.24) is 15.2 Å². The van der Waals surface area contributed by atoms with Gasteiger partial charge in [0.15, 0.2) is 11.7 Å². The van der Waals surface area contributed by atoms with Crippen molar-refractivity contribution in [3.63, 3.8) is 0 Å². The lowest BCUT2D eigenvalue weighted by Crippen LogP contribution is -2.12. The summed E-state index contributed by atoms with van der Waals surface area (Å²) in [6.07, 6.45) is 6.69. The van der Waals surface area contributed by atoms with Crippen molar-refractivity contribution in [2.24, 2.45) is 0 Å². The zero-order valence-electron chi connectivity index (χ0n) is 15.1. The number of rotatable bonds is 9. The summed E-state index contributed by atoms with van der Waals surface area (Å²) in [4.78, 5) is 16.3. The number of amides is 1. The average Bonchev–Trinajstić information content (AvgIpc) is 3.31. The van der Waals surface area contributed by atoms with E-state index >= 15 is 0 Å². The first kappa shape index (κ1) is 19.5. The first-order valence-electron chi connectivity index (χ1n) is 8.97. The maximum atomic E-state index is 12.1. The van der Waals surface area contributed by atoms with Crippen LogP contribution in [0.5, 0.6) is 0 Å². The third kappa shape index (κ3) is 5.87. The van der Waals surface area contributed by atoms with Crippen molar-refractivity contribution in [1.29, 1.82) is 0 Å². The molecule has 0 fully saturated rings. The molecular weight excluding hydrogens is 384 g/mol. The van der Waals surface area contributed by atoms with Crippen molar-refractivity contribution >= 4 is 34.0 Å². The van der Waals surface area contributed by atoms with Crippen LogP contribution < -0.4 is 5.32 Å². The largest absolute Gasteiger partial charge is 0.441 e. The standard InChI is InChI=1S/C19H21ClN4O2S/c1-2-3-4-5-18-23-24-19(27-18)22-16(25)10-11-17-21-12-15(26-17)13-6-8-14(20)9-7-13/h6-9,12H,2-5,10-11H2,1H3,(H,22,24,25). The summed E-state index contributed by atoms with van der Waals surface area (Å²) in [7, 11) is 0. The molecule has 0 atom stereocenters. The lowest BCUT2D eigenvalue weighted by molar-refractivity contribution is -0.116. The Morgan fingerprint density at radius 2 is 2.00 bits per heavy atom. The van der Waals surface area contributed by atoms with Crippen LogP contribution in [-0.2, 0) is 17.6 Å². The molecule has 3 rings (SSSR count). The van der Waals surface area contributed by atoms with Crippen molar-refractivity contribution < 1.29 is 9.21 Å². The van der Waals surface area contributed by atoms with Gasteiger partial charge in [-0.25, -0.2) is 4.98 Å². The van der Waals surface area contributed by atoms with Crippen LogP contribution in [0, 0.1) is 0 Å². The van der Waals surface area contributed by atoms with E-state index in [-0.39, 0.29) is 12.3 Å². The number of benzene rings is 1. The summed E-state index contributed by atoms with van der Waals surface area (Å²) in [6, 6.07) is 7.33. The predicted octanol–water partition coefficient (Wildman–Crippen LogP) is 5.15. The van der Waals surface area contributed by atoms with Crippen molar-refractivity contribution in [2.45, 2.75) is 45.4 Å². The molecule has 1 N–H and O–H groups in total. The van der Waals surface area contributed by atoms with E-state index in [2.05, 4.69) is 27.4 Å². The minimum absolute atomic E-state index is 0.127. The number of aromatic nitrogens is 3. The van der Waals surface area contributed by atoms with E-state index in [4.69, 9.17) is 16.0 Å². The molecule has 0 bridgehead atoms. The van der Waals surface area contributed by atoms with Crippen LogP contribution in [0.25, 0.3) is 11.3 Å². The first-order valence-corrected chi connectivity index (χ1v) is 10.2. The molecule has 142 valence electrons. The quantitative estimate of drug-likeness (QED) is 0.498. The second-order valence-corrected chi connectivity index (χ2v) is 7.63. The number of anilines is 1. The lowest BCUT2D eigenvalue weighted by atomic mass is 10.2. The summed E-state index contributed by atoms with van der Waals surface area (Å²) in [5.74, 6) is 1.05. The van der Waals surface area contributed by atoms with E-state index in [9.17, 15) is 4.79 Å². The van der Waals surface area contributed by atoms with Gasteiger partial charge in [-0.1, -0.05) is 42.7 Å². The van der Waals surface area contributed by atoms with Crippen LogP contribution in [0.1, 0.15) is 43.5 Å². The summed E-state index contributed by atoms with van der Waals surface area (Å²) >= 11 is 7.32. The second kappa shape index (κ2) is 9.62. The molecule has 27 heavy (non-hydrogen) atoms. The van der Waals surface area contributed by atoms with Gasteiger partial charge >= 0.3 is 0 Å². The Hall–Kier alpha value is -2.25. The summed E-state index contributed by atoms with van der Waals surface area (Å²) in [5.41, 5.74) is 0.895. The molecule has 1 amide bonds. The van der Waals surface area contributed by atoms with Crippen LogP contribution in [0.15, 0.2) is 34.9 Å². The van der Waals surface area contributed by atoms with Crippen LogP contribution in [0.3, 0.4) is 0 Å². The highest BCUT2D eigenvalue weighted by molar-refractivity contribution is 7.15. The van der Waals surface area contributed by atoms with Crippen molar-refractivity contribution in [3.05, 3.63) is 46.4 Å². The highest BCUT2D eigenvalue weighted by atomic mass is 35.5. The Labute approximate surface area is 167 Å². The minimum atomic E-state index is -0.127. The molecule has 2 heterocycles. The summed E-state index contributed by atoms with van der Waals surface area (Å²) in [6.45, 7) is 2.16. The molecule has 0 aliphatic carbocycles. The van der Waals surface area contributed by atoms with Crippen LogP contribution in [0.2, 0.25) is 5.02 Å². The molecule has 0 aliphatic heterocycles. The molecule has 0 saturated heterocycles. The Kier molecular flexibility index (Phi) is 6.95. The highest BCUT2D eigenvalue weighted by Crippen LogP contribution is 2.23. The van der Waals surface area contributed by atoms with E-state index < -0.39 is 0 Å². The van der Waals surface area contributed by atoms with Gasteiger partial charge in [0, 0.05) is 29.8 Å². The topological polar surface area (TPSA) is 80.9 Å². The van der Waals surface area contributed by atoms with Crippen LogP contribution in [-0.4, -0.2) is 21.1 Å². The number of hydrogen-bond acceptors (Lipinski definition) is 6. The second-order valence-electron chi connectivity index (χ2n) is 6.13. The van der Waals surface area contributed by atoms with Gasteiger partial charge in [-0.2, -0.15) is 0 Å². The number of halogens is 1. The Morgan fingerprint density at radius 3 is 2.78 bits per heavy atom. The molecule has 1 aromatic carbocycles. The number of hydrogen-bond donors (Lipinski definition) is 1. The van der Waals surface area contributed by atoms with Crippen LogP contribution >= 0.6 is 22.9 Å². The van der Waals surface area contributed by atoms with Gasteiger partial charge in [-0.3, -0.25) is 4.79 Å². The van der Waals surface area contributed by atoms with Gasteiger partial charge in [0.05, 0.1) is 6.20 Å². The van der Waals surface area contributed by atoms with Crippen LogP contribution in [0.4, 0.5) is 5.13 Å². The van der Waals surface area contributed by atoms with Gasteiger partial charge < -0.3 is 9.73 Å². The van der Waals surface area contributed by atoms with E-state index in [1.165, 1.54) is 24.2 Å². The molecular formula is C19H21ClN4O2S. The predicted molar refractivity (Wildman–Crippen MR) is 107 cm³/mol. The van der Waals surface area contributed by atoms with Gasteiger partial charge in [0.2, 0.25) is 11.0 Å². The smallest absolute Gasteiger partial charge is 0.226 e. The number of carbonyl (C=O) groups is 1. The van der Waals surface area contributed by atoms with E-state index in [0.717, 1.165) is 23.4 Å². The number of nitrogens with one attached hydrogen (secondary N) is 1. The Balaban J connectivity index is 1.47. The SMILES string of the molecule is CCCCCc1nnc(NC(=O)CCc2ncc(-c3ccc(Cl)cc3)o2)s1. The molecule has 0 aliphatic rings.